The van der Waals surface area contributed by atoms with Crippen LogP contribution in [0, 0.1) is 12.7 Å². The van der Waals surface area contributed by atoms with Crippen LogP contribution in [0.15, 0.2) is 72.8 Å². The van der Waals surface area contributed by atoms with Gasteiger partial charge in [-0.2, -0.15) is 0 Å². The van der Waals surface area contributed by atoms with Gasteiger partial charge in [-0.25, -0.2) is 4.39 Å². The number of aryl methyl sites for hydroxylation is 1. The minimum Gasteiger partial charge on any atom is -0.489 e. The molecule has 0 bridgehead atoms. The van der Waals surface area contributed by atoms with Crippen molar-refractivity contribution in [2.75, 3.05) is 0 Å². The van der Waals surface area contributed by atoms with E-state index in [2.05, 4.69) is 30.4 Å². The first kappa shape index (κ1) is 17.2. The maximum Gasteiger partial charge on any atom is 0.124 e. The fourth-order valence-corrected chi connectivity index (χ4v) is 2.66. The summed E-state index contributed by atoms with van der Waals surface area (Å²) >= 11 is 0. The van der Waals surface area contributed by atoms with Crippen molar-refractivity contribution in [2.24, 2.45) is 0 Å². The van der Waals surface area contributed by atoms with Crippen molar-refractivity contribution >= 4 is 0 Å². The molecule has 0 aliphatic heterocycles. The van der Waals surface area contributed by atoms with E-state index in [1.165, 1.54) is 23.3 Å². The summed E-state index contributed by atoms with van der Waals surface area (Å²) in [4.78, 5) is 0. The molecular formula is C22H22FNO. The zero-order chi connectivity index (χ0) is 17.5. The van der Waals surface area contributed by atoms with Gasteiger partial charge in [0.05, 0.1) is 0 Å². The predicted octanol–water partition coefficient (Wildman–Crippen LogP) is 5.00. The van der Waals surface area contributed by atoms with Crippen molar-refractivity contribution in [3.63, 3.8) is 0 Å². The van der Waals surface area contributed by atoms with E-state index in [0.29, 0.717) is 19.7 Å². The SMILES string of the molecule is Cc1ccccc1COc1ccccc1CNCc1ccc(F)cc1. The molecule has 2 nitrogen and oxygen atoms in total. The molecule has 0 heterocycles. The lowest BCUT2D eigenvalue weighted by atomic mass is 10.1. The molecule has 3 aromatic rings. The van der Waals surface area contributed by atoms with E-state index in [0.717, 1.165) is 16.9 Å². The predicted molar refractivity (Wildman–Crippen MR) is 98.9 cm³/mol. The van der Waals surface area contributed by atoms with Crippen molar-refractivity contribution in [3.05, 3.63) is 101 Å². The average Bonchev–Trinajstić information content (AvgIpc) is 2.64. The number of para-hydroxylation sites is 1. The standard InChI is InChI=1S/C22H22FNO/c1-17-6-2-3-8-20(17)16-25-22-9-5-4-7-19(22)15-24-14-18-10-12-21(23)13-11-18/h2-13,24H,14-16H2,1H3. The average molecular weight is 335 g/mol. The highest BCUT2D eigenvalue weighted by Gasteiger charge is 2.05. The normalized spacial score (nSPS) is 10.6. The van der Waals surface area contributed by atoms with E-state index in [4.69, 9.17) is 4.74 Å². The number of benzene rings is 3. The van der Waals surface area contributed by atoms with Gasteiger partial charge in [0.1, 0.15) is 18.2 Å². The molecule has 0 aliphatic carbocycles. The van der Waals surface area contributed by atoms with Gasteiger partial charge in [-0.05, 0) is 41.8 Å². The first-order valence-electron chi connectivity index (χ1n) is 8.43. The van der Waals surface area contributed by atoms with E-state index >= 15 is 0 Å². The van der Waals surface area contributed by atoms with Crippen LogP contribution in [0.4, 0.5) is 4.39 Å². The molecule has 1 N–H and O–H groups in total. The molecule has 0 saturated heterocycles. The van der Waals surface area contributed by atoms with Crippen molar-refractivity contribution in [3.8, 4) is 5.75 Å². The summed E-state index contributed by atoms with van der Waals surface area (Å²) in [6.07, 6.45) is 0. The summed E-state index contributed by atoms with van der Waals surface area (Å²) in [5, 5.41) is 3.38. The summed E-state index contributed by atoms with van der Waals surface area (Å²) in [6.45, 7) is 4.03. The Kier molecular flexibility index (Phi) is 5.81. The van der Waals surface area contributed by atoms with Crippen LogP contribution in [0.5, 0.6) is 5.75 Å². The lowest BCUT2D eigenvalue weighted by molar-refractivity contribution is 0.301. The molecular weight excluding hydrogens is 313 g/mol. The Balaban J connectivity index is 1.59. The fourth-order valence-electron chi connectivity index (χ4n) is 2.66. The zero-order valence-corrected chi connectivity index (χ0v) is 14.3. The lowest BCUT2D eigenvalue weighted by Crippen LogP contribution is -2.13. The second kappa shape index (κ2) is 8.45. The third kappa shape index (κ3) is 4.91. The second-order valence-electron chi connectivity index (χ2n) is 6.05. The molecule has 25 heavy (non-hydrogen) atoms. The molecule has 128 valence electrons. The summed E-state index contributed by atoms with van der Waals surface area (Å²) in [6, 6.07) is 22.8. The van der Waals surface area contributed by atoms with Crippen LogP contribution in [0.3, 0.4) is 0 Å². The summed E-state index contributed by atoms with van der Waals surface area (Å²) < 4.78 is 19.0. The van der Waals surface area contributed by atoms with Gasteiger partial charge in [0.15, 0.2) is 0 Å². The smallest absolute Gasteiger partial charge is 0.124 e. The molecule has 0 aliphatic rings. The highest BCUT2D eigenvalue weighted by molar-refractivity contribution is 5.34. The van der Waals surface area contributed by atoms with Crippen molar-refractivity contribution in [1.29, 1.82) is 0 Å². The van der Waals surface area contributed by atoms with Crippen molar-refractivity contribution < 1.29 is 9.13 Å². The largest absolute Gasteiger partial charge is 0.489 e. The maximum absolute atomic E-state index is 12.9. The van der Waals surface area contributed by atoms with E-state index in [1.807, 2.05) is 30.3 Å². The van der Waals surface area contributed by atoms with Crippen LogP contribution in [0.1, 0.15) is 22.3 Å². The van der Waals surface area contributed by atoms with E-state index in [9.17, 15) is 4.39 Å². The second-order valence-corrected chi connectivity index (χ2v) is 6.05. The number of nitrogens with one attached hydrogen (secondary N) is 1. The number of hydrogen-bond acceptors (Lipinski definition) is 2. The minimum absolute atomic E-state index is 0.210. The Bertz CT molecular complexity index is 814. The Morgan fingerprint density at radius 2 is 1.48 bits per heavy atom. The third-order valence-corrected chi connectivity index (χ3v) is 4.17. The molecule has 3 aromatic carbocycles. The number of hydrogen-bond donors (Lipinski definition) is 1. The lowest BCUT2D eigenvalue weighted by Gasteiger charge is -2.13. The van der Waals surface area contributed by atoms with Gasteiger partial charge < -0.3 is 10.1 Å². The molecule has 3 rings (SSSR count). The van der Waals surface area contributed by atoms with Gasteiger partial charge in [0, 0.05) is 18.7 Å². The van der Waals surface area contributed by atoms with Gasteiger partial charge in [-0.1, -0.05) is 54.6 Å². The van der Waals surface area contributed by atoms with Gasteiger partial charge in [0.2, 0.25) is 0 Å². The number of rotatable bonds is 7. The zero-order valence-electron chi connectivity index (χ0n) is 14.3. The van der Waals surface area contributed by atoms with Gasteiger partial charge in [-0.15, -0.1) is 0 Å². The van der Waals surface area contributed by atoms with Gasteiger partial charge in [-0.3, -0.25) is 0 Å². The van der Waals surface area contributed by atoms with Crippen molar-refractivity contribution in [2.45, 2.75) is 26.6 Å². The van der Waals surface area contributed by atoms with Crippen LogP contribution < -0.4 is 10.1 Å². The van der Waals surface area contributed by atoms with Gasteiger partial charge >= 0.3 is 0 Å². The molecule has 3 heteroatoms. The highest BCUT2D eigenvalue weighted by atomic mass is 19.1. The molecule has 0 atom stereocenters. The summed E-state index contributed by atoms with van der Waals surface area (Å²) in [7, 11) is 0. The number of halogens is 1. The minimum atomic E-state index is -0.210. The Labute approximate surface area is 148 Å². The summed E-state index contributed by atoms with van der Waals surface area (Å²) in [5.74, 6) is 0.677. The molecule has 0 spiro atoms. The fraction of sp³-hybridized carbons (Fsp3) is 0.182. The maximum atomic E-state index is 12.9. The Hall–Kier alpha value is -2.65. The van der Waals surface area contributed by atoms with Crippen LogP contribution in [0.2, 0.25) is 0 Å². The van der Waals surface area contributed by atoms with E-state index in [-0.39, 0.29) is 5.82 Å². The van der Waals surface area contributed by atoms with Crippen LogP contribution in [-0.4, -0.2) is 0 Å². The van der Waals surface area contributed by atoms with Gasteiger partial charge in [0.25, 0.3) is 0 Å². The van der Waals surface area contributed by atoms with E-state index in [1.54, 1.807) is 12.1 Å². The Morgan fingerprint density at radius 1 is 0.800 bits per heavy atom. The van der Waals surface area contributed by atoms with Crippen molar-refractivity contribution in [1.82, 2.24) is 5.32 Å². The first-order chi connectivity index (χ1) is 12.2. The third-order valence-electron chi connectivity index (χ3n) is 4.17. The highest BCUT2D eigenvalue weighted by Crippen LogP contribution is 2.20. The van der Waals surface area contributed by atoms with E-state index < -0.39 is 0 Å². The van der Waals surface area contributed by atoms with Crippen LogP contribution >= 0.6 is 0 Å². The monoisotopic (exact) mass is 335 g/mol. The van der Waals surface area contributed by atoms with Crippen LogP contribution in [-0.2, 0) is 19.7 Å². The quantitative estimate of drug-likeness (QED) is 0.656. The molecule has 0 amide bonds. The molecule has 0 aromatic heterocycles. The summed E-state index contributed by atoms with van der Waals surface area (Å²) in [5.41, 5.74) is 4.59. The van der Waals surface area contributed by atoms with Crippen LogP contribution in [0.25, 0.3) is 0 Å². The molecule has 0 unspecified atom stereocenters. The topological polar surface area (TPSA) is 21.3 Å². The first-order valence-corrected chi connectivity index (χ1v) is 8.43. The molecule has 0 radical (unpaired) electrons. The Morgan fingerprint density at radius 3 is 2.24 bits per heavy atom. The number of ether oxygens (including phenoxy) is 1. The molecule has 0 fully saturated rings. The molecule has 0 saturated carbocycles.